The number of nitrogens with one attached hydrogen (secondary N) is 1. The highest BCUT2D eigenvalue weighted by Crippen LogP contribution is 2.18. The van der Waals surface area contributed by atoms with Crippen LogP contribution < -0.4 is 5.32 Å². The molecule has 96 valence electrons. The van der Waals surface area contributed by atoms with Gasteiger partial charge in [-0.1, -0.05) is 11.6 Å². The van der Waals surface area contributed by atoms with Crippen LogP contribution in [0.1, 0.15) is 25.2 Å². The highest BCUT2D eigenvalue weighted by Gasteiger charge is 2.20. The van der Waals surface area contributed by atoms with Crippen molar-refractivity contribution in [2.75, 3.05) is 6.61 Å². The SMILES string of the molecule is Cc1nn(CC(=O)NC(C)(C)CO)c(C)c1Cl. The van der Waals surface area contributed by atoms with Crippen molar-refractivity contribution >= 4 is 17.5 Å². The molecule has 6 heteroatoms. The van der Waals surface area contributed by atoms with Crippen LogP contribution in [0.5, 0.6) is 0 Å². The number of rotatable bonds is 4. The van der Waals surface area contributed by atoms with Gasteiger partial charge in [0.15, 0.2) is 0 Å². The third kappa shape index (κ3) is 3.44. The van der Waals surface area contributed by atoms with E-state index in [-0.39, 0.29) is 19.1 Å². The maximum absolute atomic E-state index is 11.7. The number of aromatic nitrogens is 2. The minimum absolute atomic E-state index is 0.100. The number of aliphatic hydroxyl groups excluding tert-OH is 1. The van der Waals surface area contributed by atoms with Gasteiger partial charge in [-0.2, -0.15) is 5.10 Å². The van der Waals surface area contributed by atoms with Crippen molar-refractivity contribution in [2.24, 2.45) is 0 Å². The Bertz CT molecular complexity index is 427. The van der Waals surface area contributed by atoms with Gasteiger partial charge in [-0.05, 0) is 27.7 Å². The van der Waals surface area contributed by atoms with Crippen molar-refractivity contribution in [3.8, 4) is 0 Å². The first-order valence-electron chi connectivity index (χ1n) is 5.38. The Labute approximate surface area is 106 Å². The van der Waals surface area contributed by atoms with Crippen molar-refractivity contribution in [1.82, 2.24) is 15.1 Å². The van der Waals surface area contributed by atoms with Gasteiger partial charge in [-0.3, -0.25) is 9.48 Å². The number of aryl methyl sites for hydroxylation is 1. The molecule has 0 aliphatic rings. The molecular formula is C11H18ClN3O2. The lowest BCUT2D eigenvalue weighted by molar-refractivity contribution is -0.123. The van der Waals surface area contributed by atoms with E-state index in [0.29, 0.717) is 10.7 Å². The monoisotopic (exact) mass is 259 g/mol. The molecule has 1 amide bonds. The Morgan fingerprint density at radius 1 is 1.53 bits per heavy atom. The molecule has 0 bridgehead atoms. The third-order valence-electron chi connectivity index (χ3n) is 2.46. The molecule has 0 aliphatic heterocycles. The summed E-state index contributed by atoms with van der Waals surface area (Å²) in [5.41, 5.74) is 0.844. The molecule has 0 aromatic carbocycles. The molecule has 17 heavy (non-hydrogen) atoms. The van der Waals surface area contributed by atoms with E-state index >= 15 is 0 Å². The molecule has 0 unspecified atom stereocenters. The largest absolute Gasteiger partial charge is 0.394 e. The van der Waals surface area contributed by atoms with Gasteiger partial charge in [0.05, 0.1) is 28.6 Å². The van der Waals surface area contributed by atoms with Crippen molar-refractivity contribution in [3.05, 3.63) is 16.4 Å². The number of aliphatic hydroxyl groups is 1. The lowest BCUT2D eigenvalue weighted by Crippen LogP contribution is -2.47. The van der Waals surface area contributed by atoms with Crippen LogP contribution in [-0.2, 0) is 11.3 Å². The molecule has 2 N–H and O–H groups in total. The van der Waals surface area contributed by atoms with Crippen LogP contribution in [0.25, 0.3) is 0 Å². The van der Waals surface area contributed by atoms with Crippen LogP contribution in [0.4, 0.5) is 0 Å². The first-order chi connectivity index (χ1) is 7.76. The van der Waals surface area contributed by atoms with E-state index in [4.69, 9.17) is 16.7 Å². The van der Waals surface area contributed by atoms with Crippen molar-refractivity contribution in [1.29, 1.82) is 0 Å². The van der Waals surface area contributed by atoms with Gasteiger partial charge in [-0.15, -0.1) is 0 Å². The average molecular weight is 260 g/mol. The van der Waals surface area contributed by atoms with Crippen molar-refractivity contribution in [3.63, 3.8) is 0 Å². The van der Waals surface area contributed by atoms with Gasteiger partial charge in [0.1, 0.15) is 6.54 Å². The van der Waals surface area contributed by atoms with E-state index < -0.39 is 5.54 Å². The highest BCUT2D eigenvalue weighted by atomic mass is 35.5. The predicted octanol–water partition coefficient (Wildman–Crippen LogP) is 1.04. The number of halogens is 1. The molecule has 1 aromatic heterocycles. The quantitative estimate of drug-likeness (QED) is 0.849. The van der Waals surface area contributed by atoms with E-state index in [0.717, 1.165) is 5.69 Å². The second-order valence-corrected chi connectivity index (χ2v) is 5.11. The van der Waals surface area contributed by atoms with Crippen LogP contribution in [0, 0.1) is 13.8 Å². The zero-order valence-corrected chi connectivity index (χ0v) is 11.3. The van der Waals surface area contributed by atoms with E-state index in [1.807, 2.05) is 6.92 Å². The second kappa shape index (κ2) is 5.06. The van der Waals surface area contributed by atoms with Gasteiger partial charge in [0.25, 0.3) is 0 Å². The Morgan fingerprint density at radius 3 is 2.53 bits per heavy atom. The first-order valence-corrected chi connectivity index (χ1v) is 5.76. The Morgan fingerprint density at radius 2 is 2.12 bits per heavy atom. The molecule has 0 aliphatic carbocycles. The van der Waals surface area contributed by atoms with Gasteiger partial charge >= 0.3 is 0 Å². The predicted molar refractivity (Wildman–Crippen MR) is 66.0 cm³/mol. The normalized spacial score (nSPS) is 11.6. The molecule has 0 saturated heterocycles. The van der Waals surface area contributed by atoms with Crippen LogP contribution in [0.2, 0.25) is 5.02 Å². The molecule has 0 atom stereocenters. The number of carbonyl (C=O) groups excluding carboxylic acids is 1. The zero-order valence-electron chi connectivity index (χ0n) is 10.5. The van der Waals surface area contributed by atoms with E-state index in [9.17, 15) is 4.79 Å². The van der Waals surface area contributed by atoms with E-state index in [1.54, 1.807) is 25.5 Å². The van der Waals surface area contributed by atoms with Crippen molar-refractivity contribution in [2.45, 2.75) is 39.8 Å². The lowest BCUT2D eigenvalue weighted by Gasteiger charge is -2.23. The van der Waals surface area contributed by atoms with Gasteiger partial charge < -0.3 is 10.4 Å². The molecule has 0 spiro atoms. The topological polar surface area (TPSA) is 67.2 Å². The zero-order chi connectivity index (χ0) is 13.2. The molecule has 5 nitrogen and oxygen atoms in total. The molecule has 1 aromatic rings. The van der Waals surface area contributed by atoms with Crippen LogP contribution in [0.3, 0.4) is 0 Å². The maximum atomic E-state index is 11.7. The number of hydrogen-bond donors (Lipinski definition) is 2. The third-order valence-corrected chi connectivity index (χ3v) is 3.01. The lowest BCUT2D eigenvalue weighted by atomic mass is 10.1. The summed E-state index contributed by atoms with van der Waals surface area (Å²) in [5.74, 6) is -0.202. The van der Waals surface area contributed by atoms with Crippen LogP contribution in [0.15, 0.2) is 0 Å². The summed E-state index contributed by atoms with van der Waals surface area (Å²) in [7, 11) is 0. The Hall–Kier alpha value is -1.07. The Kier molecular flexibility index (Phi) is 4.16. The fourth-order valence-electron chi connectivity index (χ4n) is 1.42. The summed E-state index contributed by atoms with van der Waals surface area (Å²) in [4.78, 5) is 11.7. The summed E-state index contributed by atoms with van der Waals surface area (Å²) in [6, 6.07) is 0. The summed E-state index contributed by atoms with van der Waals surface area (Å²) in [6.07, 6.45) is 0. The summed E-state index contributed by atoms with van der Waals surface area (Å²) in [6.45, 7) is 7.09. The molecule has 0 saturated carbocycles. The fourth-order valence-corrected chi connectivity index (χ4v) is 1.56. The standard InChI is InChI=1S/C11H18ClN3O2/c1-7-10(12)8(2)15(14-7)5-9(17)13-11(3,4)6-16/h16H,5-6H2,1-4H3,(H,13,17). The van der Waals surface area contributed by atoms with E-state index in [1.165, 1.54) is 0 Å². The summed E-state index contributed by atoms with van der Waals surface area (Å²) in [5, 5.41) is 16.5. The van der Waals surface area contributed by atoms with Crippen molar-refractivity contribution < 1.29 is 9.90 Å². The second-order valence-electron chi connectivity index (χ2n) is 4.73. The summed E-state index contributed by atoms with van der Waals surface area (Å²) < 4.78 is 1.56. The summed E-state index contributed by atoms with van der Waals surface area (Å²) >= 11 is 5.99. The number of amides is 1. The highest BCUT2D eigenvalue weighted by molar-refractivity contribution is 6.31. The number of carbonyl (C=O) groups is 1. The smallest absolute Gasteiger partial charge is 0.242 e. The molecular weight excluding hydrogens is 242 g/mol. The fraction of sp³-hybridized carbons (Fsp3) is 0.636. The van der Waals surface area contributed by atoms with Gasteiger partial charge in [-0.25, -0.2) is 0 Å². The number of hydrogen-bond acceptors (Lipinski definition) is 3. The van der Waals surface area contributed by atoms with E-state index in [2.05, 4.69) is 10.4 Å². The van der Waals surface area contributed by atoms with Crippen LogP contribution in [-0.4, -0.2) is 32.9 Å². The number of nitrogens with zero attached hydrogens (tertiary/aromatic N) is 2. The molecule has 0 radical (unpaired) electrons. The molecule has 0 fully saturated rings. The minimum Gasteiger partial charge on any atom is -0.394 e. The van der Waals surface area contributed by atoms with Gasteiger partial charge in [0, 0.05) is 0 Å². The first kappa shape index (κ1) is 14.0. The molecule has 1 rings (SSSR count). The molecule has 1 heterocycles. The minimum atomic E-state index is -0.628. The maximum Gasteiger partial charge on any atom is 0.242 e. The van der Waals surface area contributed by atoms with Gasteiger partial charge in [0.2, 0.25) is 5.91 Å². The Balaban J connectivity index is 2.72. The average Bonchev–Trinajstić information content (AvgIpc) is 2.45. The van der Waals surface area contributed by atoms with Crippen LogP contribution >= 0.6 is 11.6 Å².